The Morgan fingerprint density at radius 1 is 1.08 bits per heavy atom. The number of hydrogen-bond acceptors (Lipinski definition) is 7. The van der Waals surface area contributed by atoms with Crippen molar-refractivity contribution < 1.29 is 33.6 Å². The zero-order chi connectivity index (χ0) is 18.5. The van der Waals surface area contributed by atoms with E-state index in [0.717, 1.165) is 6.42 Å². The molecule has 0 saturated carbocycles. The Balaban J connectivity index is 1.65. The molecular formula is C19H18O7. The molecule has 0 fully saturated rings. The molecule has 1 heterocycles. The third kappa shape index (κ3) is 3.88. The Bertz CT molecular complexity index is 829. The monoisotopic (exact) mass is 358 g/mol. The molecule has 0 amide bonds. The van der Waals surface area contributed by atoms with Gasteiger partial charge < -0.3 is 24.1 Å². The van der Waals surface area contributed by atoms with E-state index in [0.29, 0.717) is 36.0 Å². The molecule has 0 unspecified atom stereocenters. The summed E-state index contributed by atoms with van der Waals surface area (Å²) < 4.78 is 21.0. The molecule has 7 heteroatoms. The highest BCUT2D eigenvalue weighted by Gasteiger charge is 2.18. The number of phenols is 1. The fourth-order valence-electron chi connectivity index (χ4n) is 2.44. The Hall–Kier alpha value is -3.22. The van der Waals surface area contributed by atoms with Crippen LogP contribution in [0.2, 0.25) is 0 Å². The number of methoxy groups -OCH3 is 1. The number of aromatic hydroxyl groups is 1. The SMILES string of the molecule is COc1ccc(C(=O)OCC(=O)c2ccc3c(c2)OCCCO3)c(O)c1. The molecule has 0 radical (unpaired) electrons. The highest BCUT2D eigenvalue weighted by molar-refractivity contribution is 6.00. The van der Waals surface area contributed by atoms with Gasteiger partial charge >= 0.3 is 5.97 Å². The summed E-state index contributed by atoms with van der Waals surface area (Å²) in [7, 11) is 1.45. The summed E-state index contributed by atoms with van der Waals surface area (Å²) >= 11 is 0. The van der Waals surface area contributed by atoms with Crippen LogP contribution < -0.4 is 14.2 Å². The number of benzene rings is 2. The third-order valence-electron chi connectivity index (χ3n) is 3.83. The van der Waals surface area contributed by atoms with Gasteiger partial charge in [-0.1, -0.05) is 0 Å². The van der Waals surface area contributed by atoms with Crippen molar-refractivity contribution >= 4 is 11.8 Å². The highest BCUT2D eigenvalue weighted by Crippen LogP contribution is 2.30. The van der Waals surface area contributed by atoms with Crippen molar-refractivity contribution in [2.24, 2.45) is 0 Å². The number of fused-ring (bicyclic) bond motifs is 1. The lowest BCUT2D eigenvalue weighted by Crippen LogP contribution is -2.14. The smallest absolute Gasteiger partial charge is 0.342 e. The van der Waals surface area contributed by atoms with E-state index in [9.17, 15) is 14.7 Å². The number of rotatable bonds is 5. The van der Waals surface area contributed by atoms with Gasteiger partial charge in [0.2, 0.25) is 0 Å². The van der Waals surface area contributed by atoms with E-state index in [4.69, 9.17) is 18.9 Å². The summed E-state index contributed by atoms with van der Waals surface area (Å²) in [5, 5.41) is 9.84. The summed E-state index contributed by atoms with van der Waals surface area (Å²) in [5.74, 6) is 0.0150. The normalized spacial score (nSPS) is 12.8. The number of ether oxygens (including phenoxy) is 4. The molecule has 0 spiro atoms. The summed E-state index contributed by atoms with van der Waals surface area (Å²) in [6.07, 6.45) is 0.765. The molecular weight excluding hydrogens is 340 g/mol. The molecule has 3 rings (SSSR count). The van der Waals surface area contributed by atoms with Gasteiger partial charge in [0, 0.05) is 18.1 Å². The van der Waals surface area contributed by atoms with Crippen molar-refractivity contribution in [3.05, 3.63) is 47.5 Å². The number of carbonyl (C=O) groups excluding carboxylic acids is 2. The van der Waals surface area contributed by atoms with Crippen LogP contribution in [-0.2, 0) is 4.74 Å². The first-order valence-corrected chi connectivity index (χ1v) is 8.05. The van der Waals surface area contributed by atoms with Crippen LogP contribution in [0.3, 0.4) is 0 Å². The topological polar surface area (TPSA) is 91.3 Å². The molecule has 1 N–H and O–H groups in total. The lowest BCUT2D eigenvalue weighted by atomic mass is 10.1. The van der Waals surface area contributed by atoms with Crippen LogP contribution in [0.4, 0.5) is 0 Å². The second-order valence-electron chi connectivity index (χ2n) is 5.59. The second kappa shape index (κ2) is 7.77. The van der Waals surface area contributed by atoms with Gasteiger partial charge in [-0.2, -0.15) is 0 Å². The molecule has 2 aromatic carbocycles. The van der Waals surface area contributed by atoms with Gasteiger partial charge in [0.1, 0.15) is 17.1 Å². The standard InChI is InChI=1S/C19H18O7/c1-23-13-4-5-14(15(20)10-13)19(22)26-11-16(21)12-3-6-17-18(9-12)25-8-2-7-24-17/h3-6,9-10,20H,2,7-8,11H2,1H3. The Morgan fingerprint density at radius 3 is 2.58 bits per heavy atom. The van der Waals surface area contributed by atoms with E-state index in [1.54, 1.807) is 18.2 Å². The third-order valence-corrected chi connectivity index (χ3v) is 3.83. The highest BCUT2D eigenvalue weighted by atomic mass is 16.5. The van der Waals surface area contributed by atoms with Gasteiger partial charge in [0.25, 0.3) is 0 Å². The van der Waals surface area contributed by atoms with E-state index in [-0.39, 0.29) is 17.1 Å². The number of phenolic OH excluding ortho intramolecular Hbond substituents is 1. The molecule has 26 heavy (non-hydrogen) atoms. The van der Waals surface area contributed by atoms with Crippen LogP contribution in [0.25, 0.3) is 0 Å². The average molecular weight is 358 g/mol. The molecule has 1 aliphatic heterocycles. The van der Waals surface area contributed by atoms with Crippen LogP contribution in [0.1, 0.15) is 27.1 Å². The van der Waals surface area contributed by atoms with Crippen molar-refractivity contribution in [2.45, 2.75) is 6.42 Å². The van der Waals surface area contributed by atoms with Gasteiger partial charge in [0.15, 0.2) is 23.9 Å². The van der Waals surface area contributed by atoms with Crippen molar-refractivity contribution in [2.75, 3.05) is 26.9 Å². The Kier molecular flexibility index (Phi) is 5.26. The van der Waals surface area contributed by atoms with Gasteiger partial charge in [-0.25, -0.2) is 4.79 Å². The maximum atomic E-state index is 12.3. The van der Waals surface area contributed by atoms with Crippen LogP contribution in [0, 0.1) is 0 Å². The minimum Gasteiger partial charge on any atom is -0.507 e. The quantitative estimate of drug-likeness (QED) is 0.649. The molecule has 7 nitrogen and oxygen atoms in total. The molecule has 0 saturated heterocycles. The van der Waals surface area contributed by atoms with Crippen LogP contribution in [-0.4, -0.2) is 43.8 Å². The first kappa shape index (κ1) is 17.6. The van der Waals surface area contributed by atoms with Gasteiger partial charge in [-0.05, 0) is 30.3 Å². The Labute approximate surface area is 150 Å². The average Bonchev–Trinajstić information content (AvgIpc) is 2.90. The van der Waals surface area contributed by atoms with Crippen LogP contribution >= 0.6 is 0 Å². The number of ketones is 1. The van der Waals surface area contributed by atoms with Gasteiger partial charge in [0.05, 0.1) is 20.3 Å². The zero-order valence-corrected chi connectivity index (χ0v) is 14.2. The van der Waals surface area contributed by atoms with E-state index >= 15 is 0 Å². The van der Waals surface area contributed by atoms with Crippen molar-refractivity contribution in [1.29, 1.82) is 0 Å². The van der Waals surface area contributed by atoms with E-state index in [1.165, 1.54) is 25.3 Å². The van der Waals surface area contributed by atoms with Crippen LogP contribution in [0.15, 0.2) is 36.4 Å². The molecule has 0 atom stereocenters. The van der Waals surface area contributed by atoms with Crippen LogP contribution in [0.5, 0.6) is 23.0 Å². The number of esters is 1. The summed E-state index contributed by atoms with van der Waals surface area (Å²) in [6, 6.07) is 9.00. The molecule has 0 aromatic heterocycles. The van der Waals surface area contributed by atoms with Crippen molar-refractivity contribution in [3.8, 4) is 23.0 Å². The van der Waals surface area contributed by atoms with Crippen molar-refractivity contribution in [3.63, 3.8) is 0 Å². The lowest BCUT2D eigenvalue weighted by Gasteiger charge is -2.10. The van der Waals surface area contributed by atoms with Crippen molar-refractivity contribution in [1.82, 2.24) is 0 Å². The molecule has 1 aliphatic rings. The molecule has 0 bridgehead atoms. The minimum atomic E-state index is -0.798. The number of hydrogen-bond donors (Lipinski definition) is 1. The fourth-order valence-corrected chi connectivity index (χ4v) is 2.44. The second-order valence-corrected chi connectivity index (χ2v) is 5.59. The predicted molar refractivity (Wildman–Crippen MR) is 91.3 cm³/mol. The minimum absolute atomic E-state index is 0.0442. The van der Waals surface area contributed by atoms with E-state index in [2.05, 4.69) is 0 Å². The predicted octanol–water partition coefficient (Wildman–Crippen LogP) is 2.60. The summed E-state index contributed by atoms with van der Waals surface area (Å²) in [6.45, 7) is 0.615. The lowest BCUT2D eigenvalue weighted by molar-refractivity contribution is 0.0471. The molecule has 2 aromatic rings. The maximum absolute atomic E-state index is 12.3. The largest absolute Gasteiger partial charge is 0.507 e. The van der Waals surface area contributed by atoms with Gasteiger partial charge in [-0.15, -0.1) is 0 Å². The molecule has 136 valence electrons. The first-order chi connectivity index (χ1) is 12.6. The van der Waals surface area contributed by atoms with E-state index < -0.39 is 12.6 Å². The summed E-state index contributed by atoms with van der Waals surface area (Å²) in [5.41, 5.74) is 0.304. The summed E-state index contributed by atoms with van der Waals surface area (Å²) in [4.78, 5) is 24.3. The maximum Gasteiger partial charge on any atom is 0.342 e. The van der Waals surface area contributed by atoms with E-state index in [1.807, 2.05) is 0 Å². The first-order valence-electron chi connectivity index (χ1n) is 8.05. The number of Topliss-reactive ketones (excluding diaryl/α,β-unsaturated/α-hetero) is 1. The number of carbonyl (C=O) groups is 2. The molecule has 0 aliphatic carbocycles. The zero-order valence-electron chi connectivity index (χ0n) is 14.2. The Morgan fingerprint density at radius 2 is 1.85 bits per heavy atom. The van der Waals surface area contributed by atoms with Gasteiger partial charge in [-0.3, -0.25) is 4.79 Å². The fraction of sp³-hybridized carbons (Fsp3) is 0.263.